The van der Waals surface area contributed by atoms with Gasteiger partial charge in [0.1, 0.15) is 11.9 Å². The van der Waals surface area contributed by atoms with Crippen LogP contribution in [0.2, 0.25) is 0 Å². The molecule has 1 unspecified atom stereocenters. The summed E-state index contributed by atoms with van der Waals surface area (Å²) in [5, 5.41) is 24.3. The van der Waals surface area contributed by atoms with Gasteiger partial charge in [0, 0.05) is 33.9 Å². The molecule has 2 spiro atoms. The van der Waals surface area contributed by atoms with E-state index in [0.717, 1.165) is 25.0 Å². The lowest BCUT2D eigenvalue weighted by atomic mass is 9.32. The number of aliphatic hydroxyl groups excluding tert-OH is 1. The number of nitrogens with zero attached hydrogens (tertiary/aromatic N) is 1. The SMILES string of the molecule is CC(C)[C@H]1CC[C@H](C)C[C@@H]1OC(=O)N(Cc1ccc(OC(F)(F)F)cc1)C[C@]1(O)CC[C@H]2[C@]34C=C[C@@]5(C=C3C(=O)c3cccc(C(F)(F)F)c3)CC(O)CC[C@]5(C)[C@H]4CC[C@@]21C. The molecule has 2 bridgehead atoms. The Morgan fingerprint density at radius 3 is 2.24 bits per heavy atom. The van der Waals surface area contributed by atoms with Crippen molar-refractivity contribution in [2.24, 2.45) is 51.2 Å². The van der Waals surface area contributed by atoms with Crippen molar-refractivity contribution in [3.8, 4) is 5.75 Å². The van der Waals surface area contributed by atoms with E-state index in [0.29, 0.717) is 62.0 Å². The largest absolute Gasteiger partial charge is 0.573 e. The molecule has 7 aliphatic rings. The van der Waals surface area contributed by atoms with Crippen molar-refractivity contribution in [1.29, 1.82) is 0 Å². The van der Waals surface area contributed by atoms with E-state index in [1.165, 1.54) is 41.3 Å². The first-order valence-corrected chi connectivity index (χ1v) is 22.3. The number of rotatable bonds is 9. The van der Waals surface area contributed by atoms with Crippen LogP contribution in [-0.2, 0) is 17.5 Å². The maximum Gasteiger partial charge on any atom is 0.573 e. The molecule has 1 amide bonds. The summed E-state index contributed by atoms with van der Waals surface area (Å²) in [5.41, 5.74) is -4.59. The van der Waals surface area contributed by atoms with Crippen molar-refractivity contribution in [1.82, 2.24) is 4.90 Å². The fraction of sp³-hybridized carbons (Fsp3) is 0.633. The van der Waals surface area contributed by atoms with Crippen LogP contribution in [0.4, 0.5) is 31.1 Å². The minimum atomic E-state index is -4.88. The summed E-state index contributed by atoms with van der Waals surface area (Å²) in [7, 11) is 0. The molecule has 7 aliphatic carbocycles. The van der Waals surface area contributed by atoms with Crippen LogP contribution < -0.4 is 4.74 Å². The predicted octanol–water partition coefficient (Wildman–Crippen LogP) is 11.5. The van der Waals surface area contributed by atoms with E-state index >= 15 is 0 Å². The highest BCUT2D eigenvalue weighted by Crippen LogP contribution is 2.78. The zero-order chi connectivity index (χ0) is 44.8. The van der Waals surface area contributed by atoms with Crippen molar-refractivity contribution in [3.63, 3.8) is 0 Å². The fourth-order valence-electron chi connectivity index (χ4n) is 13.6. The Morgan fingerprint density at radius 2 is 1.56 bits per heavy atom. The van der Waals surface area contributed by atoms with Crippen LogP contribution in [0.1, 0.15) is 120 Å². The molecule has 0 aromatic heterocycles. The average Bonchev–Trinajstić information content (AvgIpc) is 3.46. The molecule has 2 aromatic carbocycles. The molecule has 0 heterocycles. The number of ketones is 1. The van der Waals surface area contributed by atoms with Crippen LogP contribution in [0.15, 0.2) is 72.3 Å². The first kappa shape index (κ1) is 44.8. The van der Waals surface area contributed by atoms with Crippen LogP contribution in [0.3, 0.4) is 0 Å². The number of carbonyl (C=O) groups is 2. The number of carbonyl (C=O) groups excluding carboxylic acids is 2. The monoisotopic (exact) mass is 871 g/mol. The lowest BCUT2D eigenvalue weighted by Gasteiger charge is -2.71. The second-order valence-corrected chi connectivity index (χ2v) is 20.5. The molecule has 4 fully saturated rings. The third kappa shape index (κ3) is 7.38. The summed E-state index contributed by atoms with van der Waals surface area (Å²) < 4.78 is 91.6. The van der Waals surface area contributed by atoms with Crippen molar-refractivity contribution >= 4 is 11.9 Å². The molecule has 62 heavy (non-hydrogen) atoms. The van der Waals surface area contributed by atoms with Gasteiger partial charge in [0.05, 0.1) is 23.8 Å². The fourth-order valence-corrected chi connectivity index (χ4v) is 13.6. The molecule has 13 heteroatoms. The number of hydrogen-bond donors (Lipinski definition) is 2. The van der Waals surface area contributed by atoms with Crippen LogP contribution in [0.5, 0.6) is 5.75 Å². The number of alkyl halides is 6. The summed E-state index contributed by atoms with van der Waals surface area (Å²) in [6.45, 7) is 10.3. The predicted molar refractivity (Wildman–Crippen MR) is 219 cm³/mol. The number of amides is 1. The second-order valence-electron chi connectivity index (χ2n) is 20.5. The molecule has 11 atom stereocenters. The lowest BCUT2D eigenvalue weighted by Crippen LogP contribution is -2.67. The highest BCUT2D eigenvalue weighted by atomic mass is 19.4. The molecule has 0 saturated heterocycles. The van der Waals surface area contributed by atoms with E-state index in [2.05, 4.69) is 44.6 Å². The first-order valence-electron chi connectivity index (χ1n) is 22.3. The van der Waals surface area contributed by atoms with Gasteiger partial charge in [-0.1, -0.05) is 83.5 Å². The molecule has 9 rings (SSSR count). The molecular weight excluding hydrogens is 813 g/mol. The maximum absolute atomic E-state index is 15.0. The minimum absolute atomic E-state index is 0.0709. The maximum atomic E-state index is 15.0. The number of fused-ring (bicyclic) bond motifs is 1. The highest BCUT2D eigenvalue weighted by Gasteiger charge is 2.74. The number of halogens is 6. The zero-order valence-electron chi connectivity index (χ0n) is 36.1. The molecule has 7 nitrogen and oxygen atoms in total. The van der Waals surface area contributed by atoms with Crippen molar-refractivity contribution in [2.45, 2.75) is 136 Å². The number of Topliss-reactive ketones (excluding diaryl/α,β-unsaturated/α-hetero) is 1. The van der Waals surface area contributed by atoms with Gasteiger partial charge in [0.15, 0.2) is 5.78 Å². The van der Waals surface area contributed by atoms with E-state index < -0.39 is 63.7 Å². The van der Waals surface area contributed by atoms with E-state index in [4.69, 9.17) is 4.74 Å². The third-order valence-electron chi connectivity index (χ3n) is 16.9. The molecule has 4 saturated carbocycles. The Labute approximate surface area is 359 Å². The van der Waals surface area contributed by atoms with Crippen molar-refractivity contribution in [3.05, 3.63) is 89.0 Å². The standard InChI is InChI=1S/C49H59F6NO6/c1-29(2)36-14-9-30(3)23-38(36)61-42(59)56(27-31-10-12-35(13-11-31)62-49(53,54)55)28-46(60)20-17-40-44(46,5)19-16-39-43(4)18-15-34(57)25-45(43)21-22-47(39,40)37(26-45)41(58)32-7-6-8-33(24-32)48(50,51)52/h6-8,10-13,21-22,24,26,29-30,34,36,38-40,57,60H,9,14-20,23,25,27-28H2,1-5H3/t30-,34?,36+,38-,39+,40+,43+,44-,45-,46+,47+/m0/s1. The Bertz CT molecular complexity index is 2120. The third-order valence-corrected chi connectivity index (χ3v) is 16.9. The minimum Gasteiger partial charge on any atom is -0.446 e. The summed E-state index contributed by atoms with van der Waals surface area (Å²) in [5.74, 6) is -0.693. The van der Waals surface area contributed by atoms with Gasteiger partial charge in [0.2, 0.25) is 0 Å². The Hall–Kier alpha value is -3.84. The van der Waals surface area contributed by atoms with Gasteiger partial charge in [-0.3, -0.25) is 4.79 Å². The average molecular weight is 872 g/mol. The van der Waals surface area contributed by atoms with Crippen LogP contribution in [-0.4, -0.2) is 57.7 Å². The quantitative estimate of drug-likeness (QED) is 0.148. The van der Waals surface area contributed by atoms with Gasteiger partial charge < -0.3 is 24.6 Å². The van der Waals surface area contributed by atoms with Crippen LogP contribution in [0, 0.1) is 51.2 Å². The first-order chi connectivity index (χ1) is 28.9. The lowest BCUT2D eigenvalue weighted by molar-refractivity contribution is -0.274. The molecule has 2 N–H and O–H groups in total. The smallest absolute Gasteiger partial charge is 0.446 e. The summed E-state index contributed by atoms with van der Waals surface area (Å²) in [4.78, 5) is 31.0. The van der Waals surface area contributed by atoms with Gasteiger partial charge in [-0.05, 0) is 123 Å². The summed E-state index contributed by atoms with van der Waals surface area (Å²) in [6.07, 6.45) is 1.04. The van der Waals surface area contributed by atoms with E-state index in [-0.39, 0.29) is 60.3 Å². The van der Waals surface area contributed by atoms with Gasteiger partial charge in [-0.25, -0.2) is 4.79 Å². The van der Waals surface area contributed by atoms with Crippen LogP contribution in [0.25, 0.3) is 0 Å². The number of benzene rings is 2. The number of aliphatic hydroxyl groups is 2. The van der Waals surface area contributed by atoms with Gasteiger partial charge in [0.25, 0.3) is 0 Å². The van der Waals surface area contributed by atoms with E-state index in [1.807, 2.05) is 13.0 Å². The highest BCUT2D eigenvalue weighted by molar-refractivity contribution is 6.10. The number of hydrogen-bond acceptors (Lipinski definition) is 6. The topological polar surface area (TPSA) is 96.3 Å². The zero-order valence-corrected chi connectivity index (χ0v) is 36.1. The van der Waals surface area contributed by atoms with Gasteiger partial charge in [-0.15, -0.1) is 13.2 Å². The molecular formula is C49H59F6NO6. The number of allylic oxidation sites excluding steroid dienone is 4. The summed E-state index contributed by atoms with van der Waals surface area (Å²) >= 11 is 0. The molecule has 0 radical (unpaired) electrons. The number of ether oxygens (including phenoxy) is 2. The van der Waals surface area contributed by atoms with Crippen molar-refractivity contribution < 1.29 is 55.6 Å². The van der Waals surface area contributed by atoms with E-state index in [9.17, 15) is 46.1 Å². The van der Waals surface area contributed by atoms with E-state index in [1.54, 1.807) is 0 Å². The Balaban J connectivity index is 1.17. The Morgan fingerprint density at radius 1 is 0.887 bits per heavy atom. The Kier molecular flexibility index (Phi) is 11.1. The van der Waals surface area contributed by atoms with Crippen LogP contribution >= 0.6 is 0 Å². The van der Waals surface area contributed by atoms with Gasteiger partial charge in [-0.2, -0.15) is 13.2 Å². The second kappa shape index (κ2) is 15.4. The normalized spacial score (nSPS) is 37.5. The molecule has 2 aromatic rings. The van der Waals surface area contributed by atoms with Gasteiger partial charge >= 0.3 is 18.6 Å². The van der Waals surface area contributed by atoms with Crippen molar-refractivity contribution in [2.75, 3.05) is 6.54 Å². The molecule has 0 aliphatic heterocycles. The summed E-state index contributed by atoms with van der Waals surface area (Å²) in [6, 6.07) is 9.79. The molecule has 338 valence electrons.